The highest BCUT2D eigenvalue weighted by atomic mass is 32.2. The molecule has 0 bridgehead atoms. The minimum atomic E-state index is -3.80. The summed E-state index contributed by atoms with van der Waals surface area (Å²) in [4.78, 5) is 29.5. The van der Waals surface area contributed by atoms with Crippen molar-refractivity contribution in [2.75, 3.05) is 17.1 Å². The lowest BCUT2D eigenvalue weighted by Crippen LogP contribution is -2.54. The molecule has 0 aliphatic heterocycles. The predicted octanol–water partition coefficient (Wildman–Crippen LogP) is 5.44. The summed E-state index contributed by atoms with van der Waals surface area (Å²) >= 11 is 0. The van der Waals surface area contributed by atoms with Gasteiger partial charge >= 0.3 is 0 Å². The summed E-state index contributed by atoms with van der Waals surface area (Å²) in [5.74, 6) is -0.436. The third-order valence-corrected chi connectivity index (χ3v) is 8.54. The van der Waals surface area contributed by atoms with E-state index in [1.54, 1.807) is 12.1 Å². The number of hydrogen-bond acceptors (Lipinski definition) is 4. The van der Waals surface area contributed by atoms with Gasteiger partial charge in [-0.3, -0.25) is 13.9 Å². The van der Waals surface area contributed by atoms with E-state index in [0.717, 1.165) is 39.2 Å². The molecule has 2 atom stereocenters. The van der Waals surface area contributed by atoms with Gasteiger partial charge in [0.25, 0.3) is 0 Å². The number of benzene rings is 3. The summed E-state index contributed by atoms with van der Waals surface area (Å²) in [5.41, 5.74) is 4.26. The number of rotatable bonds is 13. The van der Waals surface area contributed by atoms with Gasteiger partial charge in [0.05, 0.1) is 11.9 Å². The first kappa shape index (κ1) is 31.9. The molecule has 41 heavy (non-hydrogen) atoms. The molecule has 0 fully saturated rings. The zero-order valence-corrected chi connectivity index (χ0v) is 25.8. The molecule has 0 aliphatic rings. The Kier molecular flexibility index (Phi) is 11.1. The summed E-state index contributed by atoms with van der Waals surface area (Å²) in [7, 11) is -3.80. The molecule has 220 valence electrons. The standard InChI is InChI=1S/C33H43N3O4S/c1-7-26(5)34-33(38)31(21-27-14-9-8-10-15-27)35(22-29-16-12-11-13-25(29)4)32(37)23-36(41(6,39)40)30-19-17-28(18-20-30)24(2)3/h8-20,24,26,31H,7,21-23H2,1-6H3,(H,34,38). The van der Waals surface area contributed by atoms with Crippen molar-refractivity contribution in [2.24, 2.45) is 0 Å². The molecular weight excluding hydrogens is 534 g/mol. The first-order valence-corrected chi connectivity index (χ1v) is 16.0. The van der Waals surface area contributed by atoms with Crippen molar-refractivity contribution in [3.63, 3.8) is 0 Å². The van der Waals surface area contributed by atoms with Crippen LogP contribution in [-0.2, 0) is 32.6 Å². The van der Waals surface area contributed by atoms with Gasteiger partial charge in [0.1, 0.15) is 12.6 Å². The highest BCUT2D eigenvalue weighted by Crippen LogP contribution is 2.24. The molecule has 0 aliphatic carbocycles. The molecule has 3 rings (SSSR count). The Bertz CT molecular complexity index is 1410. The first-order valence-electron chi connectivity index (χ1n) is 14.2. The van der Waals surface area contributed by atoms with E-state index in [2.05, 4.69) is 19.2 Å². The van der Waals surface area contributed by atoms with E-state index >= 15 is 0 Å². The highest BCUT2D eigenvalue weighted by molar-refractivity contribution is 7.92. The van der Waals surface area contributed by atoms with Gasteiger partial charge in [-0.25, -0.2) is 8.42 Å². The predicted molar refractivity (Wildman–Crippen MR) is 166 cm³/mol. The molecule has 8 heteroatoms. The zero-order valence-electron chi connectivity index (χ0n) is 25.0. The van der Waals surface area contributed by atoms with Crippen molar-refractivity contribution in [1.29, 1.82) is 0 Å². The second kappa shape index (κ2) is 14.3. The normalized spacial score (nSPS) is 13.0. The van der Waals surface area contributed by atoms with Crippen molar-refractivity contribution in [1.82, 2.24) is 10.2 Å². The summed E-state index contributed by atoms with van der Waals surface area (Å²) in [6.07, 6.45) is 2.13. The summed E-state index contributed by atoms with van der Waals surface area (Å²) < 4.78 is 27.1. The van der Waals surface area contributed by atoms with E-state index in [0.29, 0.717) is 12.1 Å². The molecular formula is C33H43N3O4S. The Morgan fingerprint density at radius 2 is 1.49 bits per heavy atom. The fourth-order valence-corrected chi connectivity index (χ4v) is 5.45. The number of nitrogens with one attached hydrogen (secondary N) is 1. The monoisotopic (exact) mass is 577 g/mol. The van der Waals surface area contributed by atoms with Crippen LogP contribution >= 0.6 is 0 Å². The van der Waals surface area contributed by atoms with Gasteiger partial charge in [-0.05, 0) is 60.6 Å². The van der Waals surface area contributed by atoms with Crippen LogP contribution in [-0.4, -0.2) is 50.0 Å². The topological polar surface area (TPSA) is 86.8 Å². The van der Waals surface area contributed by atoms with E-state index in [1.165, 1.54) is 4.90 Å². The van der Waals surface area contributed by atoms with Gasteiger partial charge in [-0.15, -0.1) is 0 Å². The van der Waals surface area contributed by atoms with Gasteiger partial charge in [-0.2, -0.15) is 0 Å². The molecule has 7 nitrogen and oxygen atoms in total. The summed E-state index contributed by atoms with van der Waals surface area (Å²) in [6.45, 7) is 9.75. The zero-order chi connectivity index (χ0) is 30.2. The molecule has 1 N–H and O–H groups in total. The fraction of sp³-hybridized carbons (Fsp3) is 0.394. The van der Waals surface area contributed by atoms with Crippen LogP contribution in [0.3, 0.4) is 0 Å². The third kappa shape index (κ3) is 8.92. The number of carbonyl (C=O) groups is 2. The average Bonchev–Trinajstić information content (AvgIpc) is 2.94. The van der Waals surface area contributed by atoms with Crippen LogP contribution in [0.2, 0.25) is 0 Å². The lowest BCUT2D eigenvalue weighted by atomic mass is 10.0. The van der Waals surface area contributed by atoms with Gasteiger partial charge in [0.15, 0.2) is 0 Å². The molecule has 0 saturated carbocycles. The van der Waals surface area contributed by atoms with Crippen LogP contribution in [0.5, 0.6) is 0 Å². The number of hydrogen-bond donors (Lipinski definition) is 1. The maximum atomic E-state index is 14.2. The summed E-state index contributed by atoms with van der Waals surface area (Å²) in [6, 6.07) is 23.6. The van der Waals surface area contributed by atoms with Gasteiger partial charge in [-0.1, -0.05) is 87.5 Å². The fourth-order valence-electron chi connectivity index (χ4n) is 4.61. The lowest BCUT2D eigenvalue weighted by Gasteiger charge is -2.34. The molecule has 2 amide bonds. The van der Waals surface area contributed by atoms with Gasteiger partial charge in [0, 0.05) is 19.0 Å². The molecule has 3 aromatic rings. The molecule has 0 heterocycles. The van der Waals surface area contributed by atoms with E-state index in [9.17, 15) is 18.0 Å². The van der Waals surface area contributed by atoms with E-state index in [-0.39, 0.29) is 24.4 Å². The van der Waals surface area contributed by atoms with Crippen molar-refractivity contribution < 1.29 is 18.0 Å². The van der Waals surface area contributed by atoms with Gasteiger partial charge in [0.2, 0.25) is 21.8 Å². The van der Waals surface area contributed by atoms with Crippen LogP contribution in [0.4, 0.5) is 5.69 Å². The van der Waals surface area contributed by atoms with Crippen LogP contribution in [0, 0.1) is 6.92 Å². The Labute approximate surface area is 245 Å². The first-order chi connectivity index (χ1) is 19.4. The van der Waals surface area contributed by atoms with Crippen molar-refractivity contribution in [3.05, 3.63) is 101 Å². The van der Waals surface area contributed by atoms with Crippen LogP contribution < -0.4 is 9.62 Å². The second-order valence-electron chi connectivity index (χ2n) is 11.0. The van der Waals surface area contributed by atoms with Crippen molar-refractivity contribution in [2.45, 2.75) is 72.0 Å². The Morgan fingerprint density at radius 1 is 0.878 bits per heavy atom. The Hall–Kier alpha value is -3.65. The van der Waals surface area contributed by atoms with Crippen molar-refractivity contribution >= 4 is 27.5 Å². The number of sulfonamides is 1. The SMILES string of the molecule is CCC(C)NC(=O)C(Cc1ccccc1)N(Cc1ccccc1C)C(=O)CN(c1ccc(C(C)C)cc1)S(C)(=O)=O. The average molecular weight is 578 g/mol. The largest absolute Gasteiger partial charge is 0.352 e. The number of amides is 2. The second-order valence-corrected chi connectivity index (χ2v) is 12.9. The van der Waals surface area contributed by atoms with Crippen molar-refractivity contribution in [3.8, 4) is 0 Å². The third-order valence-electron chi connectivity index (χ3n) is 7.40. The van der Waals surface area contributed by atoms with E-state index < -0.39 is 28.5 Å². The number of nitrogens with zero attached hydrogens (tertiary/aromatic N) is 2. The van der Waals surface area contributed by atoms with Crippen LogP contribution in [0.1, 0.15) is 62.3 Å². The number of anilines is 1. The highest BCUT2D eigenvalue weighted by Gasteiger charge is 2.33. The lowest BCUT2D eigenvalue weighted by molar-refractivity contribution is -0.140. The maximum Gasteiger partial charge on any atom is 0.244 e. The Balaban J connectivity index is 2.06. The molecule has 0 aromatic heterocycles. The number of aryl methyl sites for hydroxylation is 1. The molecule has 0 spiro atoms. The minimum Gasteiger partial charge on any atom is -0.352 e. The van der Waals surface area contributed by atoms with Crippen LogP contribution in [0.15, 0.2) is 78.9 Å². The minimum absolute atomic E-state index is 0.0804. The number of carbonyl (C=O) groups excluding carboxylic acids is 2. The van der Waals surface area contributed by atoms with E-state index in [4.69, 9.17) is 0 Å². The Morgan fingerprint density at radius 3 is 2.05 bits per heavy atom. The quantitative estimate of drug-likeness (QED) is 0.293. The molecule has 0 saturated heterocycles. The molecule has 0 radical (unpaired) electrons. The maximum absolute atomic E-state index is 14.2. The molecule has 3 aromatic carbocycles. The molecule has 2 unspecified atom stereocenters. The smallest absolute Gasteiger partial charge is 0.244 e. The van der Waals surface area contributed by atoms with E-state index in [1.807, 2.05) is 87.5 Å². The summed E-state index contributed by atoms with van der Waals surface area (Å²) in [5, 5.41) is 3.05. The van der Waals surface area contributed by atoms with Crippen LogP contribution in [0.25, 0.3) is 0 Å². The van der Waals surface area contributed by atoms with Gasteiger partial charge < -0.3 is 10.2 Å².